The highest BCUT2D eigenvalue weighted by atomic mass is 79.9. The quantitative estimate of drug-likeness (QED) is 0.776. The molecule has 0 unspecified atom stereocenters. The van der Waals surface area contributed by atoms with Gasteiger partial charge in [0.1, 0.15) is 0 Å². The average molecular weight is 282 g/mol. The summed E-state index contributed by atoms with van der Waals surface area (Å²) >= 11 is 14.5. The minimum Gasteiger partial charge on any atom is -0.298 e. The lowest BCUT2D eigenvalue weighted by atomic mass is 10.1. The highest BCUT2D eigenvalue weighted by molar-refractivity contribution is 9.10. The van der Waals surface area contributed by atoms with Crippen molar-refractivity contribution in [1.29, 1.82) is 0 Å². The molecule has 0 aromatic heterocycles. The predicted molar refractivity (Wildman–Crippen MR) is 58.6 cm³/mol. The van der Waals surface area contributed by atoms with Crippen molar-refractivity contribution in [3.63, 3.8) is 0 Å². The van der Waals surface area contributed by atoms with Gasteiger partial charge in [0.25, 0.3) is 0 Å². The summed E-state index contributed by atoms with van der Waals surface area (Å²) in [4.78, 5) is 11.0. The first-order valence-electron chi connectivity index (χ1n) is 3.65. The van der Waals surface area contributed by atoms with Gasteiger partial charge in [0.05, 0.1) is 5.88 Å². The monoisotopic (exact) mass is 280 g/mol. The van der Waals surface area contributed by atoms with E-state index in [4.69, 9.17) is 23.2 Å². The van der Waals surface area contributed by atoms with Crippen molar-refractivity contribution in [2.24, 2.45) is 0 Å². The Morgan fingerprint density at radius 1 is 1.46 bits per heavy atom. The van der Waals surface area contributed by atoms with Crippen LogP contribution in [0.2, 0.25) is 5.02 Å². The van der Waals surface area contributed by atoms with E-state index in [0.29, 0.717) is 11.4 Å². The Kier molecular flexibility index (Phi) is 4.23. The molecule has 1 rings (SSSR count). The second kappa shape index (κ2) is 4.99. The van der Waals surface area contributed by atoms with Crippen molar-refractivity contribution in [2.75, 3.05) is 5.88 Å². The fourth-order valence-electron chi connectivity index (χ4n) is 0.925. The molecule has 1 nitrogen and oxygen atoms in total. The van der Waals surface area contributed by atoms with Crippen LogP contribution in [-0.2, 0) is 11.2 Å². The molecule has 0 spiro atoms. The molecule has 0 bridgehead atoms. The normalized spacial score (nSPS) is 10.1. The minimum absolute atomic E-state index is 0.00434. The van der Waals surface area contributed by atoms with Crippen LogP contribution < -0.4 is 0 Å². The molecule has 1 aromatic rings. The van der Waals surface area contributed by atoms with Crippen molar-refractivity contribution in [2.45, 2.75) is 6.42 Å². The van der Waals surface area contributed by atoms with Gasteiger partial charge in [0, 0.05) is 15.9 Å². The molecule has 13 heavy (non-hydrogen) atoms. The van der Waals surface area contributed by atoms with Gasteiger partial charge >= 0.3 is 0 Å². The number of hydrogen-bond donors (Lipinski definition) is 0. The average Bonchev–Trinajstić information content (AvgIpc) is 2.09. The first-order chi connectivity index (χ1) is 6.13. The molecule has 0 aliphatic rings. The van der Waals surface area contributed by atoms with E-state index in [9.17, 15) is 4.79 Å². The molecular formula is C9H7BrCl2O. The molecule has 0 aliphatic carbocycles. The van der Waals surface area contributed by atoms with Crippen molar-refractivity contribution in [3.05, 3.63) is 33.3 Å². The van der Waals surface area contributed by atoms with Gasteiger partial charge in [-0.15, -0.1) is 11.6 Å². The lowest BCUT2D eigenvalue weighted by molar-refractivity contribution is -0.116. The molecule has 0 radical (unpaired) electrons. The molecule has 0 fully saturated rings. The van der Waals surface area contributed by atoms with E-state index in [1.807, 2.05) is 6.07 Å². The van der Waals surface area contributed by atoms with E-state index in [1.54, 1.807) is 12.1 Å². The van der Waals surface area contributed by atoms with Crippen LogP contribution in [-0.4, -0.2) is 11.7 Å². The van der Waals surface area contributed by atoms with E-state index in [1.165, 1.54) is 0 Å². The topological polar surface area (TPSA) is 17.1 Å². The van der Waals surface area contributed by atoms with E-state index in [2.05, 4.69) is 15.9 Å². The summed E-state index contributed by atoms with van der Waals surface area (Å²) in [7, 11) is 0. The van der Waals surface area contributed by atoms with Crippen molar-refractivity contribution >= 4 is 44.9 Å². The molecule has 0 amide bonds. The first kappa shape index (κ1) is 11.0. The second-order valence-electron chi connectivity index (χ2n) is 2.58. The van der Waals surface area contributed by atoms with Crippen LogP contribution in [0.4, 0.5) is 0 Å². The standard InChI is InChI=1S/C9H7BrCl2O/c10-9-4-7(12)2-1-6(9)3-8(13)5-11/h1-2,4H,3,5H2. The Labute approximate surface area is 95.2 Å². The molecule has 0 saturated heterocycles. The maximum atomic E-state index is 11.0. The summed E-state index contributed by atoms with van der Waals surface area (Å²) in [6, 6.07) is 5.33. The van der Waals surface area contributed by atoms with Crippen LogP contribution >= 0.6 is 39.1 Å². The molecule has 1 aromatic carbocycles. The fourth-order valence-corrected chi connectivity index (χ4v) is 1.84. The number of ketones is 1. The SMILES string of the molecule is O=C(CCl)Cc1ccc(Cl)cc1Br. The Morgan fingerprint density at radius 3 is 2.69 bits per heavy atom. The Balaban J connectivity index is 2.83. The van der Waals surface area contributed by atoms with Crippen LogP contribution in [0.1, 0.15) is 5.56 Å². The van der Waals surface area contributed by atoms with Gasteiger partial charge in [-0.25, -0.2) is 0 Å². The van der Waals surface area contributed by atoms with E-state index in [-0.39, 0.29) is 11.7 Å². The van der Waals surface area contributed by atoms with Gasteiger partial charge in [-0.3, -0.25) is 4.79 Å². The molecule has 70 valence electrons. The maximum Gasteiger partial charge on any atom is 0.151 e. The largest absolute Gasteiger partial charge is 0.298 e. The third kappa shape index (κ3) is 3.29. The number of halogens is 3. The van der Waals surface area contributed by atoms with E-state index in [0.717, 1.165) is 10.0 Å². The lowest BCUT2D eigenvalue weighted by Crippen LogP contribution is -2.04. The van der Waals surface area contributed by atoms with Crippen molar-refractivity contribution < 1.29 is 4.79 Å². The number of carbonyl (C=O) groups excluding carboxylic acids is 1. The van der Waals surface area contributed by atoms with Crippen LogP contribution in [0.25, 0.3) is 0 Å². The summed E-state index contributed by atoms with van der Waals surface area (Å²) in [5, 5.41) is 0.647. The predicted octanol–water partition coefficient (Wildman–Crippen LogP) is 3.45. The Hall–Kier alpha value is -0.0500. The molecule has 4 heteroatoms. The Morgan fingerprint density at radius 2 is 2.15 bits per heavy atom. The van der Waals surface area contributed by atoms with Crippen LogP contribution in [0.3, 0.4) is 0 Å². The van der Waals surface area contributed by atoms with Gasteiger partial charge in [-0.1, -0.05) is 33.6 Å². The summed E-state index contributed by atoms with van der Waals surface area (Å²) in [5.74, 6) is 0.0550. The third-order valence-corrected chi connectivity index (χ3v) is 2.82. The summed E-state index contributed by atoms with van der Waals surface area (Å²) in [5.41, 5.74) is 0.912. The lowest BCUT2D eigenvalue weighted by Gasteiger charge is -2.02. The molecule has 0 N–H and O–H groups in total. The summed E-state index contributed by atoms with van der Waals surface area (Å²) < 4.78 is 0.846. The minimum atomic E-state index is 0.00434. The highest BCUT2D eigenvalue weighted by Gasteiger charge is 2.05. The first-order valence-corrected chi connectivity index (χ1v) is 5.35. The van der Waals surface area contributed by atoms with Crippen LogP contribution in [0.5, 0.6) is 0 Å². The van der Waals surface area contributed by atoms with Gasteiger partial charge < -0.3 is 0 Å². The summed E-state index contributed by atoms with van der Waals surface area (Å²) in [6.07, 6.45) is 0.348. The number of rotatable bonds is 3. The molecular weight excluding hydrogens is 275 g/mol. The van der Waals surface area contributed by atoms with Gasteiger partial charge in [-0.05, 0) is 17.7 Å². The molecule has 0 aliphatic heterocycles. The molecule has 0 heterocycles. The van der Waals surface area contributed by atoms with Crippen molar-refractivity contribution in [3.8, 4) is 0 Å². The Bertz CT molecular complexity index is 325. The van der Waals surface area contributed by atoms with Crippen LogP contribution in [0, 0.1) is 0 Å². The summed E-state index contributed by atoms with van der Waals surface area (Å²) in [6.45, 7) is 0. The zero-order valence-electron chi connectivity index (χ0n) is 6.69. The highest BCUT2D eigenvalue weighted by Crippen LogP contribution is 2.22. The smallest absolute Gasteiger partial charge is 0.151 e. The van der Waals surface area contributed by atoms with Crippen LogP contribution in [0.15, 0.2) is 22.7 Å². The maximum absolute atomic E-state index is 11.0. The van der Waals surface area contributed by atoms with Gasteiger partial charge in [0.15, 0.2) is 5.78 Å². The molecule has 0 saturated carbocycles. The molecule has 0 atom stereocenters. The number of carbonyl (C=O) groups is 1. The van der Waals surface area contributed by atoms with Gasteiger partial charge in [-0.2, -0.15) is 0 Å². The second-order valence-corrected chi connectivity index (χ2v) is 4.14. The van der Waals surface area contributed by atoms with Gasteiger partial charge in [0.2, 0.25) is 0 Å². The zero-order valence-corrected chi connectivity index (χ0v) is 9.79. The van der Waals surface area contributed by atoms with E-state index >= 15 is 0 Å². The van der Waals surface area contributed by atoms with E-state index < -0.39 is 0 Å². The van der Waals surface area contributed by atoms with Crippen molar-refractivity contribution in [1.82, 2.24) is 0 Å². The number of hydrogen-bond acceptors (Lipinski definition) is 1. The number of alkyl halides is 1. The third-order valence-electron chi connectivity index (χ3n) is 1.55. The fraction of sp³-hybridized carbons (Fsp3) is 0.222. The number of benzene rings is 1. The number of Topliss-reactive ketones (excluding diaryl/α,β-unsaturated/α-hetero) is 1. The zero-order chi connectivity index (χ0) is 9.84.